The highest BCUT2D eigenvalue weighted by Gasteiger charge is 2.33. The summed E-state index contributed by atoms with van der Waals surface area (Å²) >= 11 is 12.6. The Hall–Kier alpha value is -3.07. The van der Waals surface area contributed by atoms with Crippen LogP contribution in [-0.4, -0.2) is 44.3 Å². The van der Waals surface area contributed by atoms with Gasteiger partial charge in [-0.3, -0.25) is 13.9 Å². The van der Waals surface area contributed by atoms with Crippen molar-refractivity contribution in [3.63, 3.8) is 0 Å². The van der Waals surface area contributed by atoms with Gasteiger partial charge >= 0.3 is 0 Å². The van der Waals surface area contributed by atoms with Gasteiger partial charge in [0, 0.05) is 13.1 Å². The van der Waals surface area contributed by atoms with E-state index in [4.69, 9.17) is 23.2 Å². The third kappa shape index (κ3) is 7.03. The third-order valence-corrected chi connectivity index (χ3v) is 8.31. The number of carbonyl (C=O) groups excluding carboxylic acids is 2. The number of sulfonamides is 1. The van der Waals surface area contributed by atoms with E-state index in [1.165, 1.54) is 29.2 Å². The second-order valence-corrected chi connectivity index (χ2v) is 11.0. The van der Waals surface area contributed by atoms with E-state index < -0.39 is 28.5 Å². The summed E-state index contributed by atoms with van der Waals surface area (Å²) in [5, 5.41) is 2.95. The lowest BCUT2D eigenvalue weighted by Gasteiger charge is -2.32. The molecule has 10 heteroatoms. The second kappa shape index (κ2) is 12.9. The van der Waals surface area contributed by atoms with Crippen molar-refractivity contribution in [2.45, 2.75) is 37.8 Å². The molecule has 196 valence electrons. The molecule has 2 amide bonds. The number of nitrogens with zero attached hydrogens (tertiary/aromatic N) is 2. The number of nitrogens with one attached hydrogen (secondary N) is 1. The molecule has 0 heterocycles. The average Bonchev–Trinajstić information content (AvgIpc) is 2.91. The van der Waals surface area contributed by atoms with E-state index in [-0.39, 0.29) is 33.1 Å². The molecule has 37 heavy (non-hydrogen) atoms. The summed E-state index contributed by atoms with van der Waals surface area (Å²) in [7, 11) is -4.21. The standard InChI is InChI=1S/C27H29Cl2N3O4S/c1-3-17-30-27(34)20(2)31(18-21-11-6-4-7-12-21)25(33)19-32(24-16-10-15-23(28)26(24)29)37(35,36)22-13-8-5-9-14-22/h4-16,20H,3,17-19H2,1-2H3,(H,30,34). The van der Waals surface area contributed by atoms with Crippen molar-refractivity contribution < 1.29 is 18.0 Å². The molecule has 0 aliphatic rings. The molecule has 0 saturated heterocycles. The highest BCUT2D eigenvalue weighted by atomic mass is 35.5. The Balaban J connectivity index is 2.04. The van der Waals surface area contributed by atoms with Crippen LogP contribution >= 0.6 is 23.2 Å². The number of hydrogen-bond acceptors (Lipinski definition) is 4. The maximum Gasteiger partial charge on any atom is 0.264 e. The summed E-state index contributed by atoms with van der Waals surface area (Å²) < 4.78 is 28.4. The van der Waals surface area contributed by atoms with Crippen molar-refractivity contribution in [1.82, 2.24) is 10.2 Å². The molecule has 0 fully saturated rings. The lowest BCUT2D eigenvalue weighted by molar-refractivity contribution is -0.139. The lowest BCUT2D eigenvalue weighted by Crippen LogP contribution is -2.51. The van der Waals surface area contributed by atoms with Crippen molar-refractivity contribution in [3.05, 3.63) is 94.5 Å². The van der Waals surface area contributed by atoms with Crippen LogP contribution in [0.1, 0.15) is 25.8 Å². The fraction of sp³-hybridized carbons (Fsp3) is 0.259. The van der Waals surface area contributed by atoms with Crippen LogP contribution in [0.2, 0.25) is 10.0 Å². The maximum absolute atomic E-state index is 13.8. The summed E-state index contributed by atoms with van der Waals surface area (Å²) in [6.07, 6.45) is 0.738. The Morgan fingerprint density at radius 3 is 2.16 bits per heavy atom. The van der Waals surface area contributed by atoms with Gasteiger partial charge in [-0.05, 0) is 43.2 Å². The molecule has 3 rings (SSSR count). The number of amides is 2. The largest absolute Gasteiger partial charge is 0.354 e. The molecular weight excluding hydrogens is 533 g/mol. The van der Waals surface area contributed by atoms with Gasteiger partial charge in [0.15, 0.2) is 0 Å². The van der Waals surface area contributed by atoms with Gasteiger partial charge in [0.2, 0.25) is 11.8 Å². The predicted molar refractivity (Wildman–Crippen MR) is 147 cm³/mol. The van der Waals surface area contributed by atoms with Crippen molar-refractivity contribution >= 4 is 50.7 Å². The van der Waals surface area contributed by atoms with E-state index in [1.807, 2.05) is 37.3 Å². The first kappa shape index (κ1) is 28.5. The zero-order valence-corrected chi connectivity index (χ0v) is 22.9. The molecule has 3 aromatic rings. The normalized spacial score (nSPS) is 12.0. The van der Waals surface area contributed by atoms with Crippen molar-refractivity contribution in [2.24, 2.45) is 0 Å². The van der Waals surface area contributed by atoms with E-state index in [1.54, 1.807) is 31.2 Å². The van der Waals surface area contributed by atoms with Crippen molar-refractivity contribution in [3.8, 4) is 0 Å². The van der Waals surface area contributed by atoms with Crippen molar-refractivity contribution in [2.75, 3.05) is 17.4 Å². The summed E-state index contributed by atoms with van der Waals surface area (Å²) in [4.78, 5) is 28.0. The minimum atomic E-state index is -4.21. The van der Waals surface area contributed by atoms with E-state index >= 15 is 0 Å². The number of carbonyl (C=O) groups is 2. The van der Waals surface area contributed by atoms with Gasteiger partial charge < -0.3 is 10.2 Å². The Morgan fingerprint density at radius 1 is 0.919 bits per heavy atom. The molecular formula is C27H29Cl2N3O4S. The SMILES string of the molecule is CCCNC(=O)C(C)N(Cc1ccccc1)C(=O)CN(c1cccc(Cl)c1Cl)S(=O)(=O)c1ccccc1. The molecule has 3 aromatic carbocycles. The summed E-state index contributed by atoms with van der Waals surface area (Å²) in [5.41, 5.74) is 0.860. The van der Waals surface area contributed by atoms with Gasteiger partial charge in [0.1, 0.15) is 12.6 Å². The summed E-state index contributed by atoms with van der Waals surface area (Å²) in [5.74, 6) is -0.900. The average molecular weight is 563 g/mol. The summed E-state index contributed by atoms with van der Waals surface area (Å²) in [6, 6.07) is 20.7. The van der Waals surface area contributed by atoms with Crippen LogP contribution in [0.25, 0.3) is 0 Å². The molecule has 0 spiro atoms. The number of halogens is 2. The Bertz CT molecular complexity index is 1320. The minimum Gasteiger partial charge on any atom is -0.354 e. The van der Waals surface area contributed by atoms with Crippen LogP contribution < -0.4 is 9.62 Å². The molecule has 0 aliphatic carbocycles. The van der Waals surface area contributed by atoms with Gasteiger partial charge in [-0.1, -0.05) is 84.7 Å². The van der Waals surface area contributed by atoms with E-state index in [9.17, 15) is 18.0 Å². The van der Waals surface area contributed by atoms with Crippen LogP contribution in [0.5, 0.6) is 0 Å². The zero-order chi connectivity index (χ0) is 27.0. The van der Waals surface area contributed by atoms with Gasteiger partial charge in [-0.25, -0.2) is 8.42 Å². The lowest BCUT2D eigenvalue weighted by atomic mass is 10.1. The number of hydrogen-bond donors (Lipinski definition) is 1. The van der Waals surface area contributed by atoms with Crippen molar-refractivity contribution in [1.29, 1.82) is 0 Å². The van der Waals surface area contributed by atoms with Crippen LogP contribution in [0.3, 0.4) is 0 Å². The molecule has 0 aliphatic heterocycles. The number of benzene rings is 3. The first-order valence-corrected chi connectivity index (χ1v) is 14.0. The zero-order valence-electron chi connectivity index (χ0n) is 20.6. The van der Waals surface area contributed by atoms with Crippen LogP contribution in [0.15, 0.2) is 83.8 Å². The maximum atomic E-state index is 13.8. The fourth-order valence-electron chi connectivity index (χ4n) is 3.68. The summed E-state index contributed by atoms with van der Waals surface area (Å²) in [6.45, 7) is 3.54. The molecule has 1 N–H and O–H groups in total. The second-order valence-electron chi connectivity index (χ2n) is 8.37. The molecule has 7 nitrogen and oxygen atoms in total. The third-order valence-electron chi connectivity index (χ3n) is 5.72. The van der Waals surface area contributed by atoms with Gasteiger partial charge in [0.25, 0.3) is 10.0 Å². The molecule has 1 atom stereocenters. The molecule has 0 radical (unpaired) electrons. The number of rotatable bonds is 11. The first-order valence-electron chi connectivity index (χ1n) is 11.8. The van der Waals surface area contributed by atoms with E-state index in [0.29, 0.717) is 6.54 Å². The Morgan fingerprint density at radius 2 is 1.54 bits per heavy atom. The van der Waals surface area contributed by atoms with E-state index in [0.717, 1.165) is 16.3 Å². The van der Waals surface area contributed by atoms with E-state index in [2.05, 4.69) is 5.32 Å². The fourth-order valence-corrected chi connectivity index (χ4v) is 5.57. The highest BCUT2D eigenvalue weighted by Crippen LogP contribution is 2.35. The molecule has 0 aromatic heterocycles. The smallest absolute Gasteiger partial charge is 0.264 e. The van der Waals surface area contributed by atoms with Gasteiger partial charge in [0.05, 0.1) is 20.6 Å². The van der Waals surface area contributed by atoms with Crippen LogP contribution in [0, 0.1) is 0 Å². The Kier molecular flexibility index (Phi) is 9.97. The monoisotopic (exact) mass is 561 g/mol. The van der Waals surface area contributed by atoms with Crippen LogP contribution in [0.4, 0.5) is 5.69 Å². The van der Waals surface area contributed by atoms with Gasteiger partial charge in [-0.2, -0.15) is 0 Å². The molecule has 0 saturated carbocycles. The molecule has 1 unspecified atom stereocenters. The highest BCUT2D eigenvalue weighted by molar-refractivity contribution is 7.92. The van der Waals surface area contributed by atoms with Crippen LogP contribution in [-0.2, 0) is 26.2 Å². The first-order chi connectivity index (χ1) is 17.7. The Labute approximate surface area is 228 Å². The minimum absolute atomic E-state index is 0.000167. The predicted octanol–water partition coefficient (Wildman–Crippen LogP) is 5.13. The molecule has 0 bridgehead atoms. The number of anilines is 1. The van der Waals surface area contributed by atoms with Gasteiger partial charge in [-0.15, -0.1) is 0 Å². The topological polar surface area (TPSA) is 86.8 Å². The quantitative estimate of drug-likeness (QED) is 0.351.